The summed E-state index contributed by atoms with van der Waals surface area (Å²) in [6.45, 7) is 2.50. The first-order valence-electron chi connectivity index (χ1n) is 5.28. The molecule has 1 atom stereocenters. The molecule has 0 saturated carbocycles. The number of aryl methyl sites for hydroxylation is 1. The summed E-state index contributed by atoms with van der Waals surface area (Å²) in [5.41, 5.74) is 6.62. The van der Waals surface area contributed by atoms with Gasteiger partial charge in [-0.25, -0.2) is 0 Å². The van der Waals surface area contributed by atoms with Crippen molar-refractivity contribution in [2.75, 3.05) is 6.54 Å². The Balaban J connectivity index is 2.29. The standard InChI is InChI=1S/C11H16N2O3S/c1-7-3-5-17-9(7)2-4-13-11(16)8(12)6-10(14)15/h3,5,8H,2,4,6,12H2,1H3,(H,13,16)(H,14,15). The Morgan fingerprint density at radius 3 is 2.82 bits per heavy atom. The van der Waals surface area contributed by atoms with E-state index in [2.05, 4.69) is 5.32 Å². The molecule has 1 aromatic heterocycles. The highest BCUT2D eigenvalue weighted by atomic mass is 32.1. The predicted molar refractivity (Wildman–Crippen MR) is 66.0 cm³/mol. The van der Waals surface area contributed by atoms with Crippen LogP contribution < -0.4 is 11.1 Å². The van der Waals surface area contributed by atoms with Crippen molar-refractivity contribution in [2.24, 2.45) is 5.73 Å². The predicted octanol–water partition coefficient (Wildman–Crippen LogP) is 0.517. The van der Waals surface area contributed by atoms with Gasteiger partial charge in [-0.15, -0.1) is 11.3 Å². The second-order valence-electron chi connectivity index (χ2n) is 3.77. The van der Waals surface area contributed by atoms with E-state index in [4.69, 9.17) is 10.8 Å². The molecule has 6 heteroatoms. The minimum Gasteiger partial charge on any atom is -0.481 e. The van der Waals surface area contributed by atoms with Crippen LogP contribution in [0.5, 0.6) is 0 Å². The van der Waals surface area contributed by atoms with E-state index in [9.17, 15) is 9.59 Å². The summed E-state index contributed by atoms with van der Waals surface area (Å²) in [4.78, 5) is 23.0. The first kappa shape index (κ1) is 13.7. The van der Waals surface area contributed by atoms with E-state index in [1.807, 2.05) is 18.4 Å². The fourth-order valence-corrected chi connectivity index (χ4v) is 2.28. The van der Waals surface area contributed by atoms with E-state index in [1.54, 1.807) is 11.3 Å². The molecule has 1 heterocycles. The van der Waals surface area contributed by atoms with Crippen LogP contribution in [0.3, 0.4) is 0 Å². The minimum atomic E-state index is -1.07. The second-order valence-corrected chi connectivity index (χ2v) is 4.77. The first-order chi connectivity index (χ1) is 8.00. The van der Waals surface area contributed by atoms with Gasteiger partial charge in [0.2, 0.25) is 5.91 Å². The number of carbonyl (C=O) groups is 2. The van der Waals surface area contributed by atoms with Crippen LogP contribution in [0.1, 0.15) is 16.9 Å². The summed E-state index contributed by atoms with van der Waals surface area (Å²) >= 11 is 1.64. The van der Waals surface area contributed by atoms with Crippen molar-refractivity contribution in [3.8, 4) is 0 Å². The molecule has 0 bridgehead atoms. The summed E-state index contributed by atoms with van der Waals surface area (Å²) in [5.74, 6) is -1.48. The lowest BCUT2D eigenvalue weighted by Gasteiger charge is -2.09. The monoisotopic (exact) mass is 256 g/mol. The SMILES string of the molecule is Cc1ccsc1CCNC(=O)C(N)CC(=O)O. The van der Waals surface area contributed by atoms with E-state index in [1.165, 1.54) is 10.4 Å². The van der Waals surface area contributed by atoms with Gasteiger partial charge in [-0.3, -0.25) is 9.59 Å². The molecule has 0 aliphatic rings. The third-order valence-corrected chi connectivity index (χ3v) is 3.43. The van der Waals surface area contributed by atoms with Crippen molar-refractivity contribution in [2.45, 2.75) is 25.8 Å². The number of hydrogen-bond donors (Lipinski definition) is 3. The normalized spacial score (nSPS) is 12.1. The van der Waals surface area contributed by atoms with Gasteiger partial charge in [0.05, 0.1) is 12.5 Å². The van der Waals surface area contributed by atoms with Gasteiger partial charge >= 0.3 is 5.97 Å². The Morgan fingerprint density at radius 1 is 1.59 bits per heavy atom. The molecule has 17 heavy (non-hydrogen) atoms. The highest BCUT2D eigenvalue weighted by molar-refractivity contribution is 7.10. The summed E-state index contributed by atoms with van der Waals surface area (Å²) in [6, 6.07) is 1.05. The summed E-state index contributed by atoms with van der Waals surface area (Å²) < 4.78 is 0. The molecule has 0 saturated heterocycles. The zero-order chi connectivity index (χ0) is 12.8. The van der Waals surface area contributed by atoms with Gasteiger partial charge in [0.15, 0.2) is 0 Å². The van der Waals surface area contributed by atoms with Crippen molar-refractivity contribution in [1.82, 2.24) is 5.32 Å². The largest absolute Gasteiger partial charge is 0.481 e. The molecule has 0 fully saturated rings. The third-order valence-electron chi connectivity index (χ3n) is 2.35. The maximum Gasteiger partial charge on any atom is 0.305 e. The average molecular weight is 256 g/mol. The van der Waals surface area contributed by atoms with Gasteiger partial charge in [-0.1, -0.05) is 0 Å². The highest BCUT2D eigenvalue weighted by Gasteiger charge is 2.16. The highest BCUT2D eigenvalue weighted by Crippen LogP contribution is 2.15. The fourth-order valence-electron chi connectivity index (χ4n) is 1.37. The number of amides is 1. The second kappa shape index (κ2) is 6.36. The zero-order valence-electron chi connectivity index (χ0n) is 9.60. The number of nitrogens with two attached hydrogens (primary N) is 1. The van der Waals surface area contributed by atoms with Crippen LogP contribution in [0.25, 0.3) is 0 Å². The minimum absolute atomic E-state index is 0.343. The Labute approximate surface area is 104 Å². The molecular weight excluding hydrogens is 240 g/mol. The van der Waals surface area contributed by atoms with Crippen LogP contribution >= 0.6 is 11.3 Å². The Bertz CT molecular complexity index is 403. The Kier molecular flexibility index (Phi) is 5.11. The van der Waals surface area contributed by atoms with Crippen molar-refractivity contribution in [3.05, 3.63) is 21.9 Å². The van der Waals surface area contributed by atoms with Crippen molar-refractivity contribution >= 4 is 23.2 Å². The van der Waals surface area contributed by atoms with E-state index in [0.29, 0.717) is 6.54 Å². The quantitative estimate of drug-likeness (QED) is 0.691. The summed E-state index contributed by atoms with van der Waals surface area (Å²) in [7, 11) is 0. The molecule has 1 unspecified atom stereocenters. The molecule has 0 aromatic carbocycles. The molecule has 4 N–H and O–H groups in total. The third kappa shape index (κ3) is 4.54. The van der Waals surface area contributed by atoms with E-state index in [0.717, 1.165) is 6.42 Å². The van der Waals surface area contributed by atoms with Crippen LogP contribution in [0.2, 0.25) is 0 Å². The lowest BCUT2D eigenvalue weighted by molar-refractivity contribution is -0.139. The van der Waals surface area contributed by atoms with Crippen molar-refractivity contribution in [1.29, 1.82) is 0 Å². The number of rotatable bonds is 6. The number of thiophene rings is 1. The fraction of sp³-hybridized carbons (Fsp3) is 0.455. The molecule has 0 aliphatic heterocycles. The number of hydrogen-bond acceptors (Lipinski definition) is 4. The van der Waals surface area contributed by atoms with Gasteiger partial charge in [0.25, 0.3) is 0 Å². The van der Waals surface area contributed by atoms with Gasteiger partial charge in [0, 0.05) is 11.4 Å². The molecule has 0 aliphatic carbocycles. The van der Waals surface area contributed by atoms with E-state index in [-0.39, 0.29) is 6.42 Å². The zero-order valence-corrected chi connectivity index (χ0v) is 10.4. The van der Waals surface area contributed by atoms with Crippen LogP contribution in [-0.2, 0) is 16.0 Å². The maximum absolute atomic E-state index is 11.4. The average Bonchev–Trinajstić information content (AvgIpc) is 2.63. The molecule has 1 aromatic rings. The smallest absolute Gasteiger partial charge is 0.305 e. The van der Waals surface area contributed by atoms with Crippen LogP contribution in [0, 0.1) is 6.92 Å². The maximum atomic E-state index is 11.4. The molecule has 94 valence electrons. The molecule has 5 nitrogen and oxygen atoms in total. The molecule has 1 rings (SSSR count). The molecular formula is C11H16N2O3S. The van der Waals surface area contributed by atoms with Gasteiger partial charge in [-0.05, 0) is 30.4 Å². The molecule has 1 amide bonds. The van der Waals surface area contributed by atoms with Gasteiger partial charge in [0.1, 0.15) is 0 Å². The number of carbonyl (C=O) groups excluding carboxylic acids is 1. The molecule has 0 radical (unpaired) electrons. The topological polar surface area (TPSA) is 92.4 Å². The Morgan fingerprint density at radius 2 is 2.29 bits per heavy atom. The molecule has 0 spiro atoms. The summed E-state index contributed by atoms with van der Waals surface area (Å²) in [6.07, 6.45) is 0.402. The van der Waals surface area contributed by atoms with Crippen LogP contribution in [-0.4, -0.2) is 29.6 Å². The number of carboxylic acids is 1. The lowest BCUT2D eigenvalue weighted by atomic mass is 10.2. The van der Waals surface area contributed by atoms with Crippen molar-refractivity contribution in [3.63, 3.8) is 0 Å². The van der Waals surface area contributed by atoms with Crippen LogP contribution in [0.15, 0.2) is 11.4 Å². The first-order valence-corrected chi connectivity index (χ1v) is 6.16. The number of carboxylic acid groups (broad SMARTS) is 1. The number of nitrogens with one attached hydrogen (secondary N) is 1. The lowest BCUT2D eigenvalue weighted by Crippen LogP contribution is -2.42. The number of aliphatic carboxylic acids is 1. The van der Waals surface area contributed by atoms with Gasteiger partial charge in [-0.2, -0.15) is 0 Å². The van der Waals surface area contributed by atoms with E-state index < -0.39 is 17.9 Å². The van der Waals surface area contributed by atoms with Gasteiger partial charge < -0.3 is 16.2 Å². The summed E-state index contributed by atoms with van der Waals surface area (Å²) in [5, 5.41) is 13.1. The van der Waals surface area contributed by atoms with Crippen molar-refractivity contribution < 1.29 is 14.7 Å². The van der Waals surface area contributed by atoms with E-state index >= 15 is 0 Å². The van der Waals surface area contributed by atoms with Crippen LogP contribution in [0.4, 0.5) is 0 Å². The Hall–Kier alpha value is -1.40.